The standard InChI is InChI=1S/C17H11Cl2FIN3O2/c18-11-3-4-12(19)15(20)14(11)16(25)9-6-13(23-8-9)17(26)24-10(7-22)2-1-5-21/h1-8,22-23H,(H,24,26)/b5-1-,10-2+,22-7?. The topological polar surface area (TPSA) is 85.8 Å². The lowest BCUT2D eigenvalue weighted by Gasteiger charge is -2.05. The van der Waals surface area contributed by atoms with Crippen LogP contribution in [0.1, 0.15) is 26.4 Å². The molecule has 0 saturated carbocycles. The fourth-order valence-electron chi connectivity index (χ4n) is 2.00. The van der Waals surface area contributed by atoms with Crippen molar-refractivity contribution in [3.63, 3.8) is 0 Å². The Balaban J connectivity index is 2.27. The second-order valence-corrected chi connectivity index (χ2v) is 6.42. The zero-order valence-corrected chi connectivity index (χ0v) is 16.6. The number of carbonyl (C=O) groups is 2. The van der Waals surface area contributed by atoms with E-state index >= 15 is 0 Å². The monoisotopic (exact) mass is 505 g/mol. The first-order valence-corrected chi connectivity index (χ1v) is 9.04. The molecule has 1 aromatic carbocycles. The number of allylic oxidation sites excluding steroid dienone is 3. The van der Waals surface area contributed by atoms with E-state index in [2.05, 4.69) is 10.3 Å². The van der Waals surface area contributed by atoms with Gasteiger partial charge in [-0.25, -0.2) is 4.39 Å². The molecule has 0 spiro atoms. The van der Waals surface area contributed by atoms with Crippen LogP contribution in [0, 0.1) is 11.2 Å². The highest BCUT2D eigenvalue weighted by Crippen LogP contribution is 2.27. The van der Waals surface area contributed by atoms with Crippen LogP contribution in [0.5, 0.6) is 0 Å². The van der Waals surface area contributed by atoms with E-state index in [1.54, 1.807) is 10.2 Å². The molecule has 0 saturated heterocycles. The van der Waals surface area contributed by atoms with Crippen LogP contribution in [0.15, 0.2) is 46.3 Å². The SMILES string of the molecule is N=C/C(=C\C=C/I)NC(=O)c1cc(C(=O)c2c(Cl)ccc(Cl)c2F)c[nH]1. The van der Waals surface area contributed by atoms with Gasteiger partial charge in [-0.05, 0) is 28.4 Å². The number of ketones is 1. The highest BCUT2D eigenvalue weighted by atomic mass is 127. The van der Waals surface area contributed by atoms with Crippen LogP contribution in [0.2, 0.25) is 10.0 Å². The highest BCUT2D eigenvalue weighted by Gasteiger charge is 2.22. The molecular formula is C17H11Cl2FIN3O2. The predicted octanol–water partition coefficient (Wildman–Crippen LogP) is 4.90. The lowest BCUT2D eigenvalue weighted by Crippen LogP contribution is -2.23. The van der Waals surface area contributed by atoms with Crippen molar-refractivity contribution >= 4 is 63.7 Å². The van der Waals surface area contributed by atoms with Gasteiger partial charge in [0.2, 0.25) is 0 Å². The number of nitrogens with one attached hydrogen (secondary N) is 3. The minimum Gasteiger partial charge on any atom is -0.356 e. The summed E-state index contributed by atoms with van der Waals surface area (Å²) in [6.45, 7) is 0. The smallest absolute Gasteiger partial charge is 0.272 e. The molecule has 2 aromatic rings. The molecule has 3 N–H and O–H groups in total. The molecule has 1 heterocycles. The van der Waals surface area contributed by atoms with Gasteiger partial charge in [-0.1, -0.05) is 51.9 Å². The average molecular weight is 506 g/mol. The van der Waals surface area contributed by atoms with Gasteiger partial charge in [-0.2, -0.15) is 0 Å². The van der Waals surface area contributed by atoms with Crippen molar-refractivity contribution in [3.05, 3.63) is 79.0 Å². The van der Waals surface area contributed by atoms with Crippen LogP contribution < -0.4 is 5.32 Å². The van der Waals surface area contributed by atoms with Crippen LogP contribution >= 0.6 is 45.8 Å². The summed E-state index contributed by atoms with van der Waals surface area (Å²) in [6, 6.07) is 3.84. The molecule has 1 amide bonds. The number of halogens is 4. The summed E-state index contributed by atoms with van der Waals surface area (Å²) in [5, 5.41) is 9.47. The van der Waals surface area contributed by atoms with Gasteiger partial charge in [0.05, 0.1) is 21.3 Å². The van der Waals surface area contributed by atoms with Crippen molar-refractivity contribution in [2.75, 3.05) is 0 Å². The number of hydrogen-bond donors (Lipinski definition) is 3. The van der Waals surface area contributed by atoms with E-state index in [1.807, 2.05) is 22.6 Å². The van der Waals surface area contributed by atoms with Crippen LogP contribution in [-0.2, 0) is 0 Å². The molecular weight excluding hydrogens is 495 g/mol. The van der Waals surface area contributed by atoms with Crippen LogP contribution in [0.4, 0.5) is 4.39 Å². The van der Waals surface area contributed by atoms with Crippen LogP contribution in [0.25, 0.3) is 0 Å². The van der Waals surface area contributed by atoms with Crippen LogP contribution in [0.3, 0.4) is 0 Å². The lowest BCUT2D eigenvalue weighted by atomic mass is 10.0. The van der Waals surface area contributed by atoms with Gasteiger partial charge in [-0.3, -0.25) is 9.59 Å². The van der Waals surface area contributed by atoms with E-state index in [1.165, 1.54) is 30.5 Å². The summed E-state index contributed by atoms with van der Waals surface area (Å²) in [4.78, 5) is 27.3. The maximum absolute atomic E-state index is 14.1. The molecule has 26 heavy (non-hydrogen) atoms. The number of benzene rings is 1. The minimum atomic E-state index is -0.920. The fourth-order valence-corrected chi connectivity index (χ4v) is 2.60. The molecule has 0 bridgehead atoms. The minimum absolute atomic E-state index is 0.0470. The maximum atomic E-state index is 14.1. The van der Waals surface area contributed by atoms with Crippen molar-refractivity contribution in [2.24, 2.45) is 0 Å². The Morgan fingerprint density at radius 3 is 2.62 bits per heavy atom. The third-order valence-corrected chi connectivity index (χ3v) is 4.24. The first-order valence-electron chi connectivity index (χ1n) is 7.04. The molecule has 1 aromatic heterocycles. The summed E-state index contributed by atoms with van der Waals surface area (Å²) in [5.74, 6) is -2.18. The zero-order valence-electron chi connectivity index (χ0n) is 12.9. The summed E-state index contributed by atoms with van der Waals surface area (Å²) in [7, 11) is 0. The number of aromatic amines is 1. The molecule has 0 aliphatic rings. The summed E-state index contributed by atoms with van der Waals surface area (Å²) in [5.41, 5.74) is 0.00979. The molecule has 5 nitrogen and oxygen atoms in total. The van der Waals surface area contributed by atoms with E-state index in [0.29, 0.717) is 0 Å². The Morgan fingerprint density at radius 1 is 1.27 bits per heavy atom. The molecule has 0 atom stereocenters. The van der Waals surface area contributed by atoms with Crippen molar-refractivity contribution < 1.29 is 14.0 Å². The quantitative estimate of drug-likeness (QED) is 0.171. The molecule has 2 rings (SSSR count). The van der Waals surface area contributed by atoms with E-state index in [0.717, 1.165) is 6.21 Å². The highest BCUT2D eigenvalue weighted by molar-refractivity contribution is 14.1. The van der Waals surface area contributed by atoms with E-state index in [4.69, 9.17) is 28.6 Å². The van der Waals surface area contributed by atoms with E-state index in [-0.39, 0.29) is 32.6 Å². The molecule has 134 valence electrons. The molecule has 0 radical (unpaired) electrons. The van der Waals surface area contributed by atoms with Crippen molar-refractivity contribution in [1.29, 1.82) is 5.41 Å². The Labute approximate surface area is 171 Å². The first-order chi connectivity index (χ1) is 12.4. The molecule has 0 aliphatic heterocycles. The predicted molar refractivity (Wildman–Crippen MR) is 108 cm³/mol. The van der Waals surface area contributed by atoms with Gasteiger partial charge >= 0.3 is 0 Å². The third-order valence-electron chi connectivity index (χ3n) is 3.22. The largest absolute Gasteiger partial charge is 0.356 e. The Hall–Kier alpha value is -1.97. The van der Waals surface area contributed by atoms with E-state index in [9.17, 15) is 14.0 Å². The fraction of sp³-hybridized carbons (Fsp3) is 0. The number of amides is 1. The van der Waals surface area contributed by atoms with Gasteiger partial charge in [0.15, 0.2) is 11.6 Å². The number of aromatic nitrogens is 1. The number of rotatable bonds is 6. The van der Waals surface area contributed by atoms with Gasteiger partial charge in [-0.15, -0.1) is 0 Å². The van der Waals surface area contributed by atoms with Gasteiger partial charge in [0.25, 0.3) is 5.91 Å². The second-order valence-electron chi connectivity index (χ2n) is 4.89. The summed E-state index contributed by atoms with van der Waals surface area (Å²) < 4.78 is 15.8. The molecule has 0 aliphatic carbocycles. The Bertz CT molecular complexity index is 938. The normalized spacial score (nSPS) is 11.6. The number of carbonyl (C=O) groups excluding carboxylic acids is 2. The lowest BCUT2D eigenvalue weighted by molar-refractivity contribution is 0.0963. The van der Waals surface area contributed by atoms with Gasteiger partial charge in [0.1, 0.15) is 5.69 Å². The number of H-pyrrole nitrogens is 1. The van der Waals surface area contributed by atoms with Crippen molar-refractivity contribution in [2.45, 2.75) is 0 Å². The van der Waals surface area contributed by atoms with E-state index < -0.39 is 17.5 Å². The van der Waals surface area contributed by atoms with Crippen LogP contribution in [-0.4, -0.2) is 22.9 Å². The number of hydrogen-bond acceptors (Lipinski definition) is 3. The molecule has 9 heteroatoms. The zero-order chi connectivity index (χ0) is 19.3. The maximum Gasteiger partial charge on any atom is 0.272 e. The van der Waals surface area contributed by atoms with Crippen molar-refractivity contribution in [3.8, 4) is 0 Å². The molecule has 0 fully saturated rings. The van der Waals surface area contributed by atoms with Gasteiger partial charge in [0, 0.05) is 18.0 Å². The average Bonchev–Trinajstić information content (AvgIpc) is 3.12. The van der Waals surface area contributed by atoms with Gasteiger partial charge < -0.3 is 15.7 Å². The van der Waals surface area contributed by atoms with Crippen molar-refractivity contribution in [1.82, 2.24) is 10.3 Å². The first kappa shape index (κ1) is 20.3. The Kier molecular flexibility index (Phi) is 7.13. The second kappa shape index (κ2) is 9.11. The summed E-state index contributed by atoms with van der Waals surface area (Å²) >= 11 is 13.6. The summed E-state index contributed by atoms with van der Waals surface area (Å²) in [6.07, 6.45) is 5.43. The third kappa shape index (κ3) is 4.60. The Morgan fingerprint density at radius 2 is 1.96 bits per heavy atom. The molecule has 0 unspecified atom stereocenters.